The summed E-state index contributed by atoms with van der Waals surface area (Å²) in [5.41, 5.74) is 4.54. The first-order valence-corrected chi connectivity index (χ1v) is 13.6. The minimum atomic E-state index is 0.0715. The van der Waals surface area contributed by atoms with Crippen molar-refractivity contribution >= 4 is 16.9 Å². The zero-order valence-corrected chi connectivity index (χ0v) is 22.6. The minimum Gasteiger partial charge on any atom is -0.497 e. The van der Waals surface area contributed by atoms with Gasteiger partial charge in [0.15, 0.2) is 0 Å². The number of hydrogen-bond donors (Lipinski definition) is 0. The van der Waals surface area contributed by atoms with Gasteiger partial charge in [-0.15, -0.1) is 0 Å². The van der Waals surface area contributed by atoms with Gasteiger partial charge in [-0.25, -0.2) is 4.98 Å². The Balaban J connectivity index is 1.25. The molecule has 198 valence electrons. The topological polar surface area (TPSA) is 56.6 Å². The molecule has 0 radical (unpaired) electrons. The number of carbonyl (C=O) groups is 1. The largest absolute Gasteiger partial charge is 0.497 e. The Bertz CT molecular complexity index is 1360. The fourth-order valence-electron chi connectivity index (χ4n) is 5.23. The highest BCUT2D eigenvalue weighted by Gasteiger charge is 2.34. The molecule has 0 aliphatic carbocycles. The molecule has 1 aliphatic heterocycles. The Morgan fingerprint density at radius 2 is 1.74 bits per heavy atom. The standard InChI is InChI=1S/C32H37N3O3/c1-4-23(2)25-12-16-28(17-13-25)38-19-7-18-35-30-9-6-5-8-29(30)33-32(35)26-20-31(36)34(22-26)21-24-10-14-27(37-3)15-11-24/h5-6,8-17,23,26H,4,7,18-22H2,1-3H3. The van der Waals surface area contributed by atoms with Crippen LogP contribution in [0.3, 0.4) is 0 Å². The van der Waals surface area contributed by atoms with Gasteiger partial charge in [0.25, 0.3) is 0 Å². The Morgan fingerprint density at radius 3 is 2.47 bits per heavy atom. The van der Waals surface area contributed by atoms with Gasteiger partial charge in [0.1, 0.15) is 17.3 Å². The summed E-state index contributed by atoms with van der Waals surface area (Å²) >= 11 is 0. The second kappa shape index (κ2) is 11.7. The third kappa shape index (κ3) is 5.69. The maximum atomic E-state index is 13.0. The Kier molecular flexibility index (Phi) is 7.97. The molecule has 0 N–H and O–H groups in total. The van der Waals surface area contributed by atoms with Gasteiger partial charge in [-0.05, 0) is 66.3 Å². The number of carbonyl (C=O) groups excluding carboxylic acids is 1. The lowest BCUT2D eigenvalue weighted by Crippen LogP contribution is -2.24. The summed E-state index contributed by atoms with van der Waals surface area (Å²) in [5.74, 6) is 3.53. The van der Waals surface area contributed by atoms with Crippen LogP contribution in [0.5, 0.6) is 11.5 Å². The second-order valence-corrected chi connectivity index (χ2v) is 10.2. The lowest BCUT2D eigenvalue weighted by molar-refractivity contribution is -0.128. The predicted molar refractivity (Wildman–Crippen MR) is 151 cm³/mol. The van der Waals surface area contributed by atoms with Crippen molar-refractivity contribution in [3.05, 3.63) is 89.7 Å². The van der Waals surface area contributed by atoms with Crippen LogP contribution in [0.25, 0.3) is 11.0 Å². The summed E-state index contributed by atoms with van der Waals surface area (Å²) in [6, 6.07) is 24.6. The van der Waals surface area contributed by atoms with E-state index in [1.165, 1.54) is 5.56 Å². The van der Waals surface area contributed by atoms with Crippen molar-refractivity contribution in [1.82, 2.24) is 14.5 Å². The van der Waals surface area contributed by atoms with Gasteiger partial charge in [-0.2, -0.15) is 0 Å². The van der Waals surface area contributed by atoms with E-state index >= 15 is 0 Å². The van der Waals surface area contributed by atoms with Crippen LogP contribution in [0.15, 0.2) is 72.8 Å². The third-order valence-electron chi connectivity index (χ3n) is 7.65. The van der Waals surface area contributed by atoms with E-state index < -0.39 is 0 Å². The lowest BCUT2D eigenvalue weighted by atomic mass is 9.99. The van der Waals surface area contributed by atoms with Crippen molar-refractivity contribution in [2.24, 2.45) is 0 Å². The van der Waals surface area contributed by atoms with Gasteiger partial charge in [-0.3, -0.25) is 4.79 Å². The molecule has 1 aliphatic rings. The first kappa shape index (κ1) is 25.8. The molecule has 0 spiro atoms. The van der Waals surface area contributed by atoms with Gasteiger partial charge in [0.2, 0.25) is 5.91 Å². The van der Waals surface area contributed by atoms with Gasteiger partial charge in [-0.1, -0.05) is 50.2 Å². The minimum absolute atomic E-state index is 0.0715. The molecule has 4 aromatic rings. The highest BCUT2D eigenvalue weighted by molar-refractivity contribution is 5.81. The molecule has 6 heteroatoms. The molecule has 3 aromatic carbocycles. The molecule has 6 nitrogen and oxygen atoms in total. The highest BCUT2D eigenvalue weighted by Crippen LogP contribution is 2.32. The number of aromatic nitrogens is 2. The molecule has 2 unspecified atom stereocenters. The summed E-state index contributed by atoms with van der Waals surface area (Å²) in [5, 5.41) is 0. The lowest BCUT2D eigenvalue weighted by Gasteiger charge is -2.18. The van der Waals surface area contributed by atoms with Gasteiger partial charge >= 0.3 is 0 Å². The fraction of sp³-hybridized carbons (Fsp3) is 0.375. The van der Waals surface area contributed by atoms with Crippen LogP contribution in [0.1, 0.15) is 61.9 Å². The molecule has 1 aromatic heterocycles. The first-order valence-electron chi connectivity index (χ1n) is 13.6. The van der Waals surface area contributed by atoms with E-state index in [4.69, 9.17) is 14.5 Å². The number of nitrogens with zero attached hydrogens (tertiary/aromatic N) is 3. The van der Waals surface area contributed by atoms with E-state index in [-0.39, 0.29) is 11.8 Å². The Hall–Kier alpha value is -3.80. The number of benzene rings is 3. The molecule has 0 saturated carbocycles. The van der Waals surface area contributed by atoms with Crippen LogP contribution in [0, 0.1) is 0 Å². The number of fused-ring (bicyclic) bond motifs is 1. The number of likely N-dealkylation sites (tertiary alicyclic amines) is 1. The van der Waals surface area contributed by atoms with Crippen molar-refractivity contribution in [3.63, 3.8) is 0 Å². The number of para-hydroxylation sites is 2. The van der Waals surface area contributed by atoms with Gasteiger partial charge in [0, 0.05) is 32.0 Å². The molecule has 2 heterocycles. The van der Waals surface area contributed by atoms with Crippen LogP contribution >= 0.6 is 0 Å². The summed E-state index contributed by atoms with van der Waals surface area (Å²) in [7, 11) is 1.66. The van der Waals surface area contributed by atoms with Crippen molar-refractivity contribution in [2.75, 3.05) is 20.3 Å². The van der Waals surface area contributed by atoms with E-state index in [1.807, 2.05) is 35.2 Å². The second-order valence-electron chi connectivity index (χ2n) is 10.2. The number of methoxy groups -OCH3 is 1. The van der Waals surface area contributed by atoms with E-state index in [0.717, 1.165) is 53.3 Å². The van der Waals surface area contributed by atoms with E-state index in [0.29, 0.717) is 32.0 Å². The van der Waals surface area contributed by atoms with Crippen molar-refractivity contribution in [1.29, 1.82) is 0 Å². The number of aryl methyl sites for hydroxylation is 1. The van der Waals surface area contributed by atoms with Crippen LogP contribution in [-0.4, -0.2) is 40.6 Å². The van der Waals surface area contributed by atoms with Gasteiger partial charge < -0.3 is 18.9 Å². The Labute approximate surface area is 225 Å². The quantitative estimate of drug-likeness (QED) is 0.215. The molecule has 1 saturated heterocycles. The average molecular weight is 512 g/mol. The zero-order chi connectivity index (χ0) is 26.5. The van der Waals surface area contributed by atoms with E-state index in [9.17, 15) is 4.79 Å². The summed E-state index contributed by atoms with van der Waals surface area (Å²) in [6.45, 7) is 7.16. The number of ether oxygens (including phenoxy) is 2. The van der Waals surface area contributed by atoms with Crippen molar-refractivity contribution in [3.8, 4) is 11.5 Å². The number of rotatable bonds is 11. The van der Waals surface area contributed by atoms with Crippen molar-refractivity contribution in [2.45, 2.75) is 58.0 Å². The fourth-order valence-corrected chi connectivity index (χ4v) is 5.23. The first-order chi connectivity index (χ1) is 18.6. The third-order valence-corrected chi connectivity index (χ3v) is 7.65. The van der Waals surface area contributed by atoms with Gasteiger partial charge in [0.05, 0.1) is 24.8 Å². The molecule has 2 atom stereocenters. The van der Waals surface area contributed by atoms with Crippen LogP contribution in [0.4, 0.5) is 0 Å². The molecule has 1 amide bonds. The van der Waals surface area contributed by atoms with Crippen molar-refractivity contribution < 1.29 is 14.3 Å². The number of amides is 1. The normalized spacial score (nSPS) is 16.2. The SMILES string of the molecule is CCC(C)c1ccc(OCCCn2c(C3CC(=O)N(Cc4ccc(OC)cc4)C3)nc3ccccc32)cc1. The summed E-state index contributed by atoms with van der Waals surface area (Å²) < 4.78 is 13.6. The van der Waals surface area contributed by atoms with E-state index in [1.54, 1.807) is 7.11 Å². The maximum Gasteiger partial charge on any atom is 0.223 e. The molecule has 38 heavy (non-hydrogen) atoms. The number of hydrogen-bond acceptors (Lipinski definition) is 4. The predicted octanol–water partition coefficient (Wildman–Crippen LogP) is 6.54. The van der Waals surface area contributed by atoms with Crippen LogP contribution in [0.2, 0.25) is 0 Å². The zero-order valence-electron chi connectivity index (χ0n) is 22.6. The monoisotopic (exact) mass is 511 g/mol. The van der Waals surface area contributed by atoms with Crippen LogP contribution in [-0.2, 0) is 17.9 Å². The Morgan fingerprint density at radius 1 is 1.00 bits per heavy atom. The highest BCUT2D eigenvalue weighted by atomic mass is 16.5. The summed E-state index contributed by atoms with van der Waals surface area (Å²) in [4.78, 5) is 19.9. The molecular weight excluding hydrogens is 474 g/mol. The van der Waals surface area contributed by atoms with Crippen LogP contribution < -0.4 is 9.47 Å². The molecular formula is C32H37N3O3. The average Bonchev–Trinajstić information content (AvgIpc) is 3.51. The number of imidazole rings is 1. The van der Waals surface area contributed by atoms with E-state index in [2.05, 4.69) is 60.9 Å². The smallest absolute Gasteiger partial charge is 0.223 e. The molecule has 5 rings (SSSR count). The maximum absolute atomic E-state index is 13.0. The summed E-state index contributed by atoms with van der Waals surface area (Å²) in [6.07, 6.45) is 2.47. The molecule has 0 bridgehead atoms. The molecule has 1 fully saturated rings.